The molecule has 5 heteroatoms. The van der Waals surface area contributed by atoms with E-state index >= 15 is 0 Å². The van der Waals surface area contributed by atoms with E-state index in [1.165, 1.54) is 35.3 Å². The van der Waals surface area contributed by atoms with E-state index in [0.29, 0.717) is 4.90 Å². The van der Waals surface area contributed by atoms with Crippen LogP contribution in [-0.4, -0.2) is 29.0 Å². The average Bonchev–Trinajstić information content (AvgIpc) is 2.20. The fraction of sp³-hybridized carbons (Fsp3) is 0.333. The lowest BCUT2D eigenvalue weighted by Gasteiger charge is -2.12. The van der Waals surface area contributed by atoms with Crippen LogP contribution in [0.1, 0.15) is 0 Å². The van der Waals surface area contributed by atoms with E-state index in [-0.39, 0.29) is 11.5 Å². The number of hydrogen-bond acceptors (Lipinski definition) is 5. The van der Waals surface area contributed by atoms with Gasteiger partial charge in [0.25, 0.3) is 0 Å². The Morgan fingerprint density at radius 3 is 1.93 bits per heavy atom. The normalized spacial score (nSPS) is 10.5. The van der Waals surface area contributed by atoms with Gasteiger partial charge in [-0.15, -0.1) is 35.3 Å². The summed E-state index contributed by atoms with van der Waals surface area (Å²) in [5.74, 6) is 0.510. The van der Waals surface area contributed by atoms with Gasteiger partial charge in [0.05, 0.1) is 14.7 Å². The number of phenols is 2. The molecule has 0 radical (unpaired) electrons. The third-order valence-corrected chi connectivity index (χ3v) is 4.29. The maximum Gasteiger partial charge on any atom is 0.144 e. The highest BCUT2D eigenvalue weighted by molar-refractivity contribution is 8.02. The first-order chi connectivity index (χ1) is 6.65. The van der Waals surface area contributed by atoms with Crippen molar-refractivity contribution < 1.29 is 10.2 Å². The van der Waals surface area contributed by atoms with Gasteiger partial charge in [0.2, 0.25) is 0 Å². The van der Waals surface area contributed by atoms with Crippen LogP contribution in [0.15, 0.2) is 20.8 Å². The molecule has 1 aromatic rings. The van der Waals surface area contributed by atoms with Crippen molar-refractivity contribution in [3.05, 3.63) is 6.07 Å². The van der Waals surface area contributed by atoms with Gasteiger partial charge >= 0.3 is 0 Å². The number of rotatable bonds is 3. The highest BCUT2D eigenvalue weighted by Crippen LogP contribution is 2.46. The molecule has 0 saturated heterocycles. The van der Waals surface area contributed by atoms with Gasteiger partial charge in [-0.25, -0.2) is 0 Å². The summed E-state index contributed by atoms with van der Waals surface area (Å²) in [6.45, 7) is 0. The Morgan fingerprint density at radius 1 is 0.929 bits per heavy atom. The molecule has 0 aromatic heterocycles. The molecule has 1 rings (SSSR count). The molecule has 0 saturated carbocycles. The molecule has 2 nitrogen and oxygen atoms in total. The van der Waals surface area contributed by atoms with Crippen LogP contribution < -0.4 is 0 Å². The molecule has 0 bridgehead atoms. The summed E-state index contributed by atoms with van der Waals surface area (Å²) in [5, 5.41) is 19.6. The molecule has 0 heterocycles. The quantitative estimate of drug-likeness (QED) is 0.634. The zero-order chi connectivity index (χ0) is 10.7. The highest BCUT2D eigenvalue weighted by atomic mass is 32.2. The Labute approximate surface area is 96.5 Å². The van der Waals surface area contributed by atoms with Crippen molar-refractivity contribution in [3.63, 3.8) is 0 Å². The lowest BCUT2D eigenvalue weighted by atomic mass is 10.3. The Kier molecular flexibility index (Phi) is 4.34. The van der Waals surface area contributed by atoms with Gasteiger partial charge in [0, 0.05) is 0 Å². The second-order valence-electron chi connectivity index (χ2n) is 2.51. The van der Waals surface area contributed by atoms with Gasteiger partial charge in [-0.1, -0.05) is 0 Å². The third kappa shape index (κ3) is 2.10. The summed E-state index contributed by atoms with van der Waals surface area (Å²) in [6.07, 6.45) is 5.64. The second-order valence-corrected chi connectivity index (χ2v) is 4.99. The topological polar surface area (TPSA) is 40.5 Å². The van der Waals surface area contributed by atoms with E-state index in [9.17, 15) is 10.2 Å². The van der Waals surface area contributed by atoms with E-state index in [4.69, 9.17) is 0 Å². The summed E-state index contributed by atoms with van der Waals surface area (Å²) in [7, 11) is 0. The molecule has 14 heavy (non-hydrogen) atoms. The first-order valence-corrected chi connectivity index (χ1v) is 7.54. The molecule has 0 aliphatic heterocycles. The minimum atomic E-state index is 0.240. The van der Waals surface area contributed by atoms with Crippen LogP contribution in [0.3, 0.4) is 0 Å². The molecule has 1 aromatic carbocycles. The van der Waals surface area contributed by atoms with Crippen LogP contribution in [0.4, 0.5) is 0 Å². The van der Waals surface area contributed by atoms with Gasteiger partial charge in [0.15, 0.2) is 0 Å². The van der Waals surface area contributed by atoms with E-state index in [0.717, 1.165) is 9.79 Å². The minimum absolute atomic E-state index is 0.240. The van der Waals surface area contributed by atoms with Crippen LogP contribution in [0.25, 0.3) is 0 Å². The van der Waals surface area contributed by atoms with Crippen molar-refractivity contribution in [2.24, 2.45) is 0 Å². The van der Waals surface area contributed by atoms with Gasteiger partial charge in [-0.3, -0.25) is 0 Å². The zero-order valence-corrected chi connectivity index (χ0v) is 10.6. The second kappa shape index (κ2) is 5.09. The molecule has 0 atom stereocenters. The molecule has 0 aliphatic rings. The SMILES string of the molecule is CSc1cc(O)c(SC)c(SC)c1O. The van der Waals surface area contributed by atoms with Gasteiger partial charge in [-0.05, 0) is 24.8 Å². The average molecular weight is 248 g/mol. The van der Waals surface area contributed by atoms with E-state index < -0.39 is 0 Å². The van der Waals surface area contributed by atoms with Crippen LogP contribution >= 0.6 is 35.3 Å². The zero-order valence-electron chi connectivity index (χ0n) is 8.20. The summed E-state index contributed by atoms with van der Waals surface area (Å²) in [5.41, 5.74) is 0. The van der Waals surface area contributed by atoms with Crippen molar-refractivity contribution in [1.82, 2.24) is 0 Å². The Balaban J connectivity index is 3.40. The molecule has 0 unspecified atom stereocenters. The van der Waals surface area contributed by atoms with Gasteiger partial charge in [0.1, 0.15) is 11.5 Å². The molecule has 2 N–H and O–H groups in total. The van der Waals surface area contributed by atoms with Crippen LogP contribution in [0.2, 0.25) is 0 Å². The predicted octanol–water partition coefficient (Wildman–Crippen LogP) is 3.26. The predicted molar refractivity (Wildman–Crippen MR) is 65.1 cm³/mol. The number of phenolic OH excluding ortho intramolecular Hbond substituents is 2. The Morgan fingerprint density at radius 2 is 1.50 bits per heavy atom. The third-order valence-electron chi connectivity index (χ3n) is 1.78. The van der Waals surface area contributed by atoms with Crippen LogP contribution in [0, 0.1) is 0 Å². The van der Waals surface area contributed by atoms with Crippen molar-refractivity contribution in [2.45, 2.75) is 14.7 Å². The largest absolute Gasteiger partial charge is 0.507 e. The number of hydrogen-bond donors (Lipinski definition) is 2. The number of aromatic hydroxyl groups is 2. The fourth-order valence-corrected chi connectivity index (χ4v) is 3.37. The lowest BCUT2D eigenvalue weighted by molar-refractivity contribution is 0.424. The molecule has 78 valence electrons. The van der Waals surface area contributed by atoms with Crippen molar-refractivity contribution in [2.75, 3.05) is 18.8 Å². The highest BCUT2D eigenvalue weighted by Gasteiger charge is 2.15. The van der Waals surface area contributed by atoms with Gasteiger partial charge < -0.3 is 10.2 Å². The summed E-state index contributed by atoms with van der Waals surface area (Å²) in [6, 6.07) is 1.60. The van der Waals surface area contributed by atoms with Crippen molar-refractivity contribution in [1.29, 1.82) is 0 Å². The summed E-state index contributed by atoms with van der Waals surface area (Å²) in [4.78, 5) is 2.21. The van der Waals surface area contributed by atoms with Crippen LogP contribution in [-0.2, 0) is 0 Å². The maximum absolute atomic E-state index is 9.86. The standard InChI is InChI=1S/C9H12O2S3/c1-12-6-4-5(10)8(13-2)9(14-3)7(6)11/h4,10-11H,1-3H3. The molecule has 0 aliphatic carbocycles. The van der Waals surface area contributed by atoms with Crippen molar-refractivity contribution in [3.8, 4) is 11.5 Å². The molecule has 0 spiro atoms. The fourth-order valence-electron chi connectivity index (χ4n) is 1.14. The van der Waals surface area contributed by atoms with E-state index in [1.54, 1.807) is 6.07 Å². The van der Waals surface area contributed by atoms with Crippen molar-refractivity contribution >= 4 is 35.3 Å². The number of thioether (sulfide) groups is 3. The van der Waals surface area contributed by atoms with E-state index in [1.807, 2.05) is 18.8 Å². The van der Waals surface area contributed by atoms with Gasteiger partial charge in [-0.2, -0.15) is 0 Å². The number of benzene rings is 1. The van der Waals surface area contributed by atoms with E-state index in [2.05, 4.69) is 0 Å². The summed E-state index contributed by atoms with van der Waals surface area (Å²) >= 11 is 4.31. The molecular formula is C9H12O2S3. The maximum atomic E-state index is 9.86. The summed E-state index contributed by atoms with van der Waals surface area (Å²) < 4.78 is 0. The Hall–Kier alpha value is -0.130. The molecule has 0 fully saturated rings. The lowest BCUT2D eigenvalue weighted by Crippen LogP contribution is -1.83. The Bertz CT molecular complexity index is 339. The molecular weight excluding hydrogens is 236 g/mol. The first kappa shape index (κ1) is 11.9. The minimum Gasteiger partial charge on any atom is -0.507 e. The van der Waals surface area contributed by atoms with Crippen LogP contribution in [0.5, 0.6) is 11.5 Å². The monoisotopic (exact) mass is 248 g/mol. The molecule has 0 amide bonds. The first-order valence-electron chi connectivity index (χ1n) is 3.86. The smallest absolute Gasteiger partial charge is 0.144 e.